The largest absolute Gasteiger partial charge is 0.492 e. The van der Waals surface area contributed by atoms with Crippen LogP contribution in [0.4, 0.5) is 4.39 Å². The van der Waals surface area contributed by atoms with E-state index in [1.54, 1.807) is 25.8 Å². The predicted molar refractivity (Wildman–Crippen MR) is 92.2 cm³/mol. The lowest BCUT2D eigenvalue weighted by Gasteiger charge is -2.17. The molecular weight excluding hydrogens is 325 g/mol. The number of aromatic nitrogens is 2. The Hall–Kier alpha value is -2.70. The van der Waals surface area contributed by atoms with Gasteiger partial charge in [-0.1, -0.05) is 0 Å². The molecule has 0 saturated carbocycles. The molecule has 25 heavy (non-hydrogen) atoms. The lowest BCUT2D eigenvalue weighted by Crippen LogP contribution is -2.31. The summed E-state index contributed by atoms with van der Waals surface area (Å²) in [6.07, 6.45) is 0.568. The molecule has 1 aromatic carbocycles. The van der Waals surface area contributed by atoms with Crippen molar-refractivity contribution < 1.29 is 13.9 Å². The number of hydrogen-bond donors (Lipinski definition) is 1. The van der Waals surface area contributed by atoms with Crippen molar-refractivity contribution >= 4 is 5.91 Å². The SMILES string of the molecule is Cc1nc(C)c(CCC(=O)N(C)CCOc2ccc(F)cc2)c(=O)[nH]1. The summed E-state index contributed by atoms with van der Waals surface area (Å²) in [6.45, 7) is 4.19. The zero-order chi connectivity index (χ0) is 18.4. The van der Waals surface area contributed by atoms with Crippen LogP contribution < -0.4 is 10.3 Å². The van der Waals surface area contributed by atoms with Gasteiger partial charge in [0, 0.05) is 24.7 Å². The van der Waals surface area contributed by atoms with Crippen LogP contribution in [0.2, 0.25) is 0 Å². The summed E-state index contributed by atoms with van der Waals surface area (Å²) in [4.78, 5) is 32.5. The van der Waals surface area contributed by atoms with E-state index in [1.165, 1.54) is 24.3 Å². The van der Waals surface area contributed by atoms with Gasteiger partial charge in [0.15, 0.2) is 0 Å². The van der Waals surface area contributed by atoms with Gasteiger partial charge in [0.25, 0.3) is 5.56 Å². The second-order valence-electron chi connectivity index (χ2n) is 5.83. The highest BCUT2D eigenvalue weighted by Gasteiger charge is 2.13. The Labute approximate surface area is 145 Å². The van der Waals surface area contributed by atoms with Crippen molar-refractivity contribution in [1.82, 2.24) is 14.9 Å². The molecule has 0 unspecified atom stereocenters. The van der Waals surface area contributed by atoms with E-state index >= 15 is 0 Å². The van der Waals surface area contributed by atoms with Gasteiger partial charge < -0.3 is 14.6 Å². The van der Waals surface area contributed by atoms with Crippen LogP contribution in [0, 0.1) is 19.7 Å². The number of amides is 1. The molecule has 134 valence electrons. The number of aromatic amines is 1. The summed E-state index contributed by atoms with van der Waals surface area (Å²) < 4.78 is 18.3. The molecule has 0 aliphatic heterocycles. The molecule has 1 amide bonds. The monoisotopic (exact) mass is 347 g/mol. The fourth-order valence-corrected chi connectivity index (χ4v) is 2.42. The third-order valence-electron chi connectivity index (χ3n) is 3.86. The Kier molecular flexibility index (Phi) is 6.27. The molecular formula is C18H22FN3O3. The minimum Gasteiger partial charge on any atom is -0.492 e. The number of carbonyl (C=O) groups is 1. The molecule has 0 fully saturated rings. The number of rotatable bonds is 7. The van der Waals surface area contributed by atoms with E-state index in [0.29, 0.717) is 42.4 Å². The van der Waals surface area contributed by atoms with E-state index in [-0.39, 0.29) is 23.7 Å². The van der Waals surface area contributed by atoms with Crippen molar-refractivity contribution in [1.29, 1.82) is 0 Å². The summed E-state index contributed by atoms with van der Waals surface area (Å²) in [5.41, 5.74) is 0.992. The molecule has 0 saturated heterocycles. The van der Waals surface area contributed by atoms with E-state index in [9.17, 15) is 14.0 Å². The van der Waals surface area contributed by atoms with Gasteiger partial charge in [-0.25, -0.2) is 9.37 Å². The van der Waals surface area contributed by atoms with Gasteiger partial charge in [-0.15, -0.1) is 0 Å². The van der Waals surface area contributed by atoms with Crippen LogP contribution in [0.15, 0.2) is 29.1 Å². The average molecular weight is 347 g/mol. The molecule has 7 heteroatoms. The van der Waals surface area contributed by atoms with Crippen LogP contribution in [-0.4, -0.2) is 41.0 Å². The lowest BCUT2D eigenvalue weighted by atomic mass is 10.1. The number of halogens is 1. The summed E-state index contributed by atoms with van der Waals surface area (Å²) in [6, 6.07) is 5.71. The maximum absolute atomic E-state index is 12.8. The molecule has 0 spiro atoms. The van der Waals surface area contributed by atoms with Gasteiger partial charge in [-0.05, 0) is 44.5 Å². The Morgan fingerprint density at radius 1 is 1.28 bits per heavy atom. The average Bonchev–Trinajstić information content (AvgIpc) is 2.55. The van der Waals surface area contributed by atoms with Gasteiger partial charge in [0.1, 0.15) is 24.0 Å². The predicted octanol–water partition coefficient (Wildman–Crippen LogP) is 2.00. The number of H-pyrrole nitrogens is 1. The van der Waals surface area contributed by atoms with Crippen molar-refractivity contribution in [2.24, 2.45) is 0 Å². The van der Waals surface area contributed by atoms with Gasteiger partial charge in [0.05, 0.1) is 6.54 Å². The molecule has 0 radical (unpaired) electrons. The molecule has 6 nitrogen and oxygen atoms in total. The summed E-state index contributed by atoms with van der Waals surface area (Å²) in [5, 5.41) is 0. The van der Waals surface area contributed by atoms with Crippen LogP contribution in [0.25, 0.3) is 0 Å². The van der Waals surface area contributed by atoms with Crippen molar-refractivity contribution in [3.8, 4) is 5.75 Å². The molecule has 0 aliphatic rings. The minimum absolute atomic E-state index is 0.0814. The van der Waals surface area contributed by atoms with Gasteiger partial charge in [-0.3, -0.25) is 9.59 Å². The molecule has 0 bridgehead atoms. The van der Waals surface area contributed by atoms with Crippen LogP contribution >= 0.6 is 0 Å². The molecule has 0 atom stereocenters. The standard InChI is InChI=1S/C18H22FN3O3/c1-12-16(18(24)21-13(2)20-12)8-9-17(23)22(3)10-11-25-15-6-4-14(19)5-7-15/h4-7H,8-11H2,1-3H3,(H,20,21,24). The van der Waals surface area contributed by atoms with Gasteiger partial charge in [0.2, 0.25) is 5.91 Å². The van der Waals surface area contributed by atoms with E-state index in [0.717, 1.165) is 0 Å². The number of aryl methyl sites for hydroxylation is 2. The van der Waals surface area contributed by atoms with Gasteiger partial charge in [-0.2, -0.15) is 0 Å². The first-order valence-electron chi connectivity index (χ1n) is 8.05. The van der Waals surface area contributed by atoms with Crippen molar-refractivity contribution in [2.75, 3.05) is 20.2 Å². The number of ether oxygens (including phenoxy) is 1. The van der Waals surface area contributed by atoms with Crippen LogP contribution in [0.5, 0.6) is 5.75 Å². The second-order valence-corrected chi connectivity index (χ2v) is 5.83. The third-order valence-corrected chi connectivity index (χ3v) is 3.86. The Morgan fingerprint density at radius 2 is 1.96 bits per heavy atom. The zero-order valence-corrected chi connectivity index (χ0v) is 14.6. The highest BCUT2D eigenvalue weighted by molar-refractivity contribution is 5.76. The third kappa shape index (κ3) is 5.41. The first kappa shape index (κ1) is 18.6. The number of nitrogens with zero attached hydrogens (tertiary/aromatic N) is 2. The molecule has 2 rings (SSSR count). The van der Waals surface area contributed by atoms with E-state index in [1.807, 2.05) is 0 Å². The molecule has 1 N–H and O–H groups in total. The van der Waals surface area contributed by atoms with Gasteiger partial charge >= 0.3 is 0 Å². The number of benzene rings is 1. The maximum Gasteiger partial charge on any atom is 0.254 e. The highest BCUT2D eigenvalue weighted by atomic mass is 19.1. The van der Waals surface area contributed by atoms with Crippen molar-refractivity contribution in [3.05, 3.63) is 57.5 Å². The first-order valence-corrected chi connectivity index (χ1v) is 8.05. The highest BCUT2D eigenvalue weighted by Crippen LogP contribution is 2.11. The van der Waals surface area contributed by atoms with Crippen LogP contribution in [-0.2, 0) is 11.2 Å². The summed E-state index contributed by atoms with van der Waals surface area (Å²) in [7, 11) is 1.68. The quantitative estimate of drug-likeness (QED) is 0.831. The Morgan fingerprint density at radius 3 is 2.60 bits per heavy atom. The van der Waals surface area contributed by atoms with Crippen molar-refractivity contribution in [2.45, 2.75) is 26.7 Å². The fourth-order valence-electron chi connectivity index (χ4n) is 2.42. The topological polar surface area (TPSA) is 75.3 Å². The molecule has 2 aromatic rings. The number of likely N-dealkylation sites (N-methyl/N-ethyl adjacent to an activating group) is 1. The smallest absolute Gasteiger partial charge is 0.254 e. The minimum atomic E-state index is -0.324. The van der Waals surface area contributed by atoms with E-state index in [4.69, 9.17) is 4.74 Å². The number of hydrogen-bond acceptors (Lipinski definition) is 4. The maximum atomic E-state index is 12.8. The number of carbonyl (C=O) groups excluding carboxylic acids is 1. The summed E-state index contributed by atoms with van der Waals surface area (Å²) >= 11 is 0. The first-order chi connectivity index (χ1) is 11.9. The van der Waals surface area contributed by atoms with Crippen molar-refractivity contribution in [3.63, 3.8) is 0 Å². The molecule has 0 aliphatic carbocycles. The Balaban J connectivity index is 1.80. The molecule has 1 heterocycles. The lowest BCUT2D eigenvalue weighted by molar-refractivity contribution is -0.130. The fraction of sp³-hybridized carbons (Fsp3) is 0.389. The van der Waals surface area contributed by atoms with E-state index < -0.39 is 0 Å². The van der Waals surface area contributed by atoms with Crippen LogP contribution in [0.1, 0.15) is 23.5 Å². The normalized spacial score (nSPS) is 10.6. The van der Waals surface area contributed by atoms with E-state index in [2.05, 4.69) is 9.97 Å². The summed E-state index contributed by atoms with van der Waals surface area (Å²) in [5.74, 6) is 0.709. The van der Waals surface area contributed by atoms with Crippen LogP contribution in [0.3, 0.4) is 0 Å². The number of nitrogens with one attached hydrogen (secondary N) is 1. The Bertz CT molecular complexity index is 787. The second kappa shape index (κ2) is 8.41. The molecule has 1 aromatic heterocycles. The zero-order valence-electron chi connectivity index (χ0n) is 14.6.